The molecular formula is C6H11NO. The molecule has 1 rings (SSSR count). The molecule has 0 saturated carbocycles. The summed E-state index contributed by atoms with van der Waals surface area (Å²) >= 11 is 0. The molecule has 0 spiro atoms. The molecular weight excluding hydrogens is 102 g/mol. The largest absolute Gasteiger partial charge is 0.386 e. The van der Waals surface area contributed by atoms with E-state index in [0.717, 1.165) is 31.9 Å². The Morgan fingerprint density at radius 3 is 3.25 bits per heavy atom. The molecule has 8 heavy (non-hydrogen) atoms. The summed E-state index contributed by atoms with van der Waals surface area (Å²) in [5, 5.41) is 3.12. The van der Waals surface area contributed by atoms with Gasteiger partial charge in [-0.1, -0.05) is 6.58 Å². The molecule has 1 fully saturated rings. The van der Waals surface area contributed by atoms with Crippen LogP contribution in [0.3, 0.4) is 0 Å². The minimum absolute atomic E-state index is 0.818. The smallest absolute Gasteiger partial charge is 0.0639 e. The van der Waals surface area contributed by atoms with E-state index in [1.165, 1.54) is 0 Å². The molecule has 0 amide bonds. The molecule has 0 aromatic carbocycles. The molecule has 46 valence electrons. The van der Waals surface area contributed by atoms with Crippen LogP contribution in [-0.2, 0) is 4.74 Å². The second kappa shape index (κ2) is 2.72. The maximum Gasteiger partial charge on any atom is 0.0639 e. The summed E-state index contributed by atoms with van der Waals surface area (Å²) in [7, 11) is 0. The van der Waals surface area contributed by atoms with Crippen LogP contribution in [0.4, 0.5) is 0 Å². The highest BCUT2D eigenvalue weighted by Crippen LogP contribution is 1.96. The molecule has 0 bridgehead atoms. The summed E-state index contributed by atoms with van der Waals surface area (Å²) < 4.78 is 5.14. The lowest BCUT2D eigenvalue weighted by atomic mass is 10.4. The fraction of sp³-hybridized carbons (Fsp3) is 0.667. The molecule has 0 aliphatic carbocycles. The van der Waals surface area contributed by atoms with Crippen molar-refractivity contribution in [2.75, 3.05) is 19.8 Å². The first-order chi connectivity index (χ1) is 3.89. The van der Waals surface area contributed by atoms with E-state index in [1.54, 1.807) is 0 Å². The van der Waals surface area contributed by atoms with Gasteiger partial charge in [-0.25, -0.2) is 0 Å². The van der Waals surface area contributed by atoms with Gasteiger partial charge in [0, 0.05) is 18.7 Å². The van der Waals surface area contributed by atoms with Gasteiger partial charge in [0.25, 0.3) is 0 Å². The molecule has 2 heteroatoms. The van der Waals surface area contributed by atoms with E-state index in [9.17, 15) is 0 Å². The van der Waals surface area contributed by atoms with Crippen molar-refractivity contribution >= 4 is 0 Å². The molecule has 0 radical (unpaired) electrons. The van der Waals surface area contributed by atoms with Crippen LogP contribution in [0.15, 0.2) is 12.3 Å². The highest BCUT2D eigenvalue weighted by molar-refractivity contribution is 4.91. The molecule has 2 nitrogen and oxygen atoms in total. The average molecular weight is 113 g/mol. The average Bonchev–Trinajstić information content (AvgIpc) is 1.94. The summed E-state index contributed by atoms with van der Waals surface area (Å²) in [5.41, 5.74) is 1.10. The van der Waals surface area contributed by atoms with E-state index in [2.05, 4.69) is 11.9 Å². The summed E-state index contributed by atoms with van der Waals surface area (Å²) in [6, 6.07) is 0. The number of hydrogen-bond donors (Lipinski definition) is 1. The standard InChI is InChI=1S/C6H11NO/c1-6-2-4-8-5-3-7-6/h7H,1-5H2. The number of ether oxygens (including phenoxy) is 1. The van der Waals surface area contributed by atoms with Crippen molar-refractivity contribution in [3.05, 3.63) is 12.3 Å². The van der Waals surface area contributed by atoms with E-state index in [1.807, 2.05) is 0 Å². The zero-order chi connectivity index (χ0) is 5.82. The summed E-state index contributed by atoms with van der Waals surface area (Å²) in [5.74, 6) is 0. The van der Waals surface area contributed by atoms with Crippen LogP contribution < -0.4 is 5.32 Å². The fourth-order valence-corrected chi connectivity index (χ4v) is 0.686. The Labute approximate surface area is 49.5 Å². The van der Waals surface area contributed by atoms with Crippen LogP contribution >= 0.6 is 0 Å². The van der Waals surface area contributed by atoms with Gasteiger partial charge in [0.15, 0.2) is 0 Å². The third-order valence-corrected chi connectivity index (χ3v) is 1.17. The summed E-state index contributed by atoms with van der Waals surface area (Å²) in [6.07, 6.45) is 0.958. The second-order valence-corrected chi connectivity index (χ2v) is 1.89. The number of rotatable bonds is 0. The Bertz CT molecular complexity index is 80.5. The van der Waals surface area contributed by atoms with Crippen LogP contribution in [0.2, 0.25) is 0 Å². The highest BCUT2D eigenvalue weighted by atomic mass is 16.5. The first kappa shape index (κ1) is 5.63. The maximum absolute atomic E-state index is 5.14. The molecule has 1 N–H and O–H groups in total. The lowest BCUT2D eigenvalue weighted by Crippen LogP contribution is -2.13. The van der Waals surface area contributed by atoms with Crippen molar-refractivity contribution < 1.29 is 4.74 Å². The van der Waals surface area contributed by atoms with Crippen LogP contribution in [0, 0.1) is 0 Å². The van der Waals surface area contributed by atoms with Crippen molar-refractivity contribution in [1.29, 1.82) is 0 Å². The second-order valence-electron chi connectivity index (χ2n) is 1.89. The summed E-state index contributed by atoms with van der Waals surface area (Å²) in [4.78, 5) is 0. The Hall–Kier alpha value is -0.500. The van der Waals surface area contributed by atoms with Crippen molar-refractivity contribution in [2.24, 2.45) is 0 Å². The van der Waals surface area contributed by atoms with Crippen LogP contribution in [0.5, 0.6) is 0 Å². The normalized spacial score (nSPS) is 21.8. The molecule has 0 aromatic heterocycles. The molecule has 1 saturated heterocycles. The van der Waals surface area contributed by atoms with Crippen molar-refractivity contribution in [3.8, 4) is 0 Å². The van der Waals surface area contributed by atoms with Crippen LogP contribution in [0.1, 0.15) is 6.42 Å². The minimum Gasteiger partial charge on any atom is -0.386 e. The van der Waals surface area contributed by atoms with Gasteiger partial charge in [0.05, 0.1) is 13.2 Å². The lowest BCUT2D eigenvalue weighted by molar-refractivity contribution is 0.152. The van der Waals surface area contributed by atoms with Crippen LogP contribution in [-0.4, -0.2) is 19.8 Å². The van der Waals surface area contributed by atoms with Crippen LogP contribution in [0.25, 0.3) is 0 Å². The molecule has 0 atom stereocenters. The first-order valence-corrected chi connectivity index (χ1v) is 2.89. The molecule has 0 aromatic rings. The Morgan fingerprint density at radius 1 is 1.50 bits per heavy atom. The molecule has 1 aliphatic rings. The molecule has 1 heterocycles. The monoisotopic (exact) mass is 113 g/mol. The van der Waals surface area contributed by atoms with Gasteiger partial charge in [-0.2, -0.15) is 0 Å². The third-order valence-electron chi connectivity index (χ3n) is 1.17. The minimum atomic E-state index is 0.818. The van der Waals surface area contributed by atoms with Crippen molar-refractivity contribution in [1.82, 2.24) is 5.32 Å². The highest BCUT2D eigenvalue weighted by Gasteiger charge is 1.97. The number of hydrogen-bond acceptors (Lipinski definition) is 2. The Balaban J connectivity index is 2.27. The van der Waals surface area contributed by atoms with E-state index in [0.29, 0.717) is 0 Å². The van der Waals surface area contributed by atoms with Gasteiger partial charge in [-0.3, -0.25) is 0 Å². The van der Waals surface area contributed by atoms with Gasteiger partial charge < -0.3 is 10.1 Å². The predicted molar refractivity (Wildman–Crippen MR) is 32.6 cm³/mol. The SMILES string of the molecule is C=C1CCOCCN1. The lowest BCUT2D eigenvalue weighted by Gasteiger charge is -1.98. The Kier molecular flexibility index (Phi) is 1.92. The molecule has 0 unspecified atom stereocenters. The summed E-state index contributed by atoms with van der Waals surface area (Å²) in [6.45, 7) is 6.34. The zero-order valence-electron chi connectivity index (χ0n) is 4.94. The van der Waals surface area contributed by atoms with Gasteiger partial charge >= 0.3 is 0 Å². The maximum atomic E-state index is 5.14. The van der Waals surface area contributed by atoms with Gasteiger partial charge in [0.1, 0.15) is 0 Å². The number of nitrogens with one attached hydrogen (secondary N) is 1. The third kappa shape index (κ3) is 1.54. The topological polar surface area (TPSA) is 21.3 Å². The van der Waals surface area contributed by atoms with E-state index >= 15 is 0 Å². The van der Waals surface area contributed by atoms with Gasteiger partial charge in [-0.15, -0.1) is 0 Å². The van der Waals surface area contributed by atoms with E-state index in [-0.39, 0.29) is 0 Å². The van der Waals surface area contributed by atoms with Gasteiger partial charge in [-0.05, 0) is 0 Å². The quantitative estimate of drug-likeness (QED) is 0.494. The first-order valence-electron chi connectivity index (χ1n) is 2.89. The van der Waals surface area contributed by atoms with E-state index < -0.39 is 0 Å². The zero-order valence-corrected chi connectivity index (χ0v) is 4.94. The predicted octanol–water partition coefficient (Wildman–Crippen LogP) is 0.510. The Morgan fingerprint density at radius 2 is 2.38 bits per heavy atom. The molecule has 1 aliphatic heterocycles. The van der Waals surface area contributed by atoms with E-state index in [4.69, 9.17) is 4.74 Å². The van der Waals surface area contributed by atoms with Crippen molar-refractivity contribution in [3.63, 3.8) is 0 Å². The fourth-order valence-electron chi connectivity index (χ4n) is 0.686. The van der Waals surface area contributed by atoms with Crippen molar-refractivity contribution in [2.45, 2.75) is 6.42 Å². The van der Waals surface area contributed by atoms with Gasteiger partial charge in [0.2, 0.25) is 0 Å².